The predicted octanol–water partition coefficient (Wildman–Crippen LogP) is 4.69. The van der Waals surface area contributed by atoms with E-state index in [1.807, 2.05) is 23.1 Å². The summed E-state index contributed by atoms with van der Waals surface area (Å²) >= 11 is 0. The first-order chi connectivity index (χ1) is 16.5. The molecule has 34 heavy (non-hydrogen) atoms. The molecule has 6 nitrogen and oxygen atoms in total. The van der Waals surface area contributed by atoms with Crippen molar-refractivity contribution in [1.29, 1.82) is 0 Å². The first kappa shape index (κ1) is 22.5. The molecule has 0 N–H and O–H groups in total. The van der Waals surface area contributed by atoms with Crippen LogP contribution in [0.5, 0.6) is 0 Å². The minimum absolute atomic E-state index is 0.0610. The highest BCUT2D eigenvalue weighted by molar-refractivity contribution is 6.07. The zero-order valence-electron chi connectivity index (χ0n) is 20.0. The Morgan fingerprint density at radius 1 is 0.912 bits per heavy atom. The van der Waals surface area contributed by atoms with Gasteiger partial charge in [0.2, 0.25) is 0 Å². The summed E-state index contributed by atoms with van der Waals surface area (Å²) in [5.41, 5.74) is 1.27. The standard InChI is InChI=1S/C28H32N4O2/c1-21(2)18-32-27(34)31(20-25-9-5-6-14-29-25)26(33)28(32)12-15-30(16-13-28)19-22-10-11-23-7-3-4-8-24(23)17-22/h3-11,14,17,21H,12-13,15-16,18-20H2,1-2H3. The van der Waals surface area contributed by atoms with Crippen molar-refractivity contribution >= 4 is 22.7 Å². The lowest BCUT2D eigenvalue weighted by molar-refractivity contribution is -0.136. The zero-order valence-corrected chi connectivity index (χ0v) is 20.0. The Morgan fingerprint density at radius 3 is 2.35 bits per heavy atom. The van der Waals surface area contributed by atoms with Crippen molar-refractivity contribution in [2.75, 3.05) is 19.6 Å². The van der Waals surface area contributed by atoms with Crippen molar-refractivity contribution in [3.05, 3.63) is 78.1 Å². The number of urea groups is 1. The second kappa shape index (κ2) is 9.18. The average molecular weight is 457 g/mol. The second-order valence-electron chi connectivity index (χ2n) is 9.99. The van der Waals surface area contributed by atoms with Gasteiger partial charge in [0, 0.05) is 32.4 Å². The monoisotopic (exact) mass is 456 g/mol. The molecule has 0 radical (unpaired) electrons. The molecule has 1 spiro atoms. The molecule has 2 fully saturated rings. The highest BCUT2D eigenvalue weighted by atomic mass is 16.2. The molecule has 2 aromatic carbocycles. The maximum absolute atomic E-state index is 13.7. The number of imide groups is 1. The number of carbonyl (C=O) groups is 2. The van der Waals surface area contributed by atoms with Crippen LogP contribution in [0.1, 0.15) is 37.9 Å². The van der Waals surface area contributed by atoms with E-state index in [0.717, 1.165) is 25.3 Å². The maximum Gasteiger partial charge on any atom is 0.328 e. The molecule has 0 aliphatic carbocycles. The van der Waals surface area contributed by atoms with Crippen molar-refractivity contribution in [1.82, 2.24) is 19.7 Å². The number of likely N-dealkylation sites (tertiary alicyclic amines) is 1. The first-order valence-electron chi connectivity index (χ1n) is 12.2. The number of benzene rings is 2. The Labute approximate surface area is 201 Å². The van der Waals surface area contributed by atoms with Crippen molar-refractivity contribution in [3.8, 4) is 0 Å². The van der Waals surface area contributed by atoms with Crippen LogP contribution < -0.4 is 0 Å². The SMILES string of the molecule is CC(C)CN1C(=O)N(Cc2ccccn2)C(=O)C12CCN(Cc1ccc3ccccc3c1)CC2. The van der Waals surface area contributed by atoms with E-state index in [4.69, 9.17) is 0 Å². The van der Waals surface area contributed by atoms with E-state index in [9.17, 15) is 9.59 Å². The van der Waals surface area contributed by atoms with Gasteiger partial charge in [-0.05, 0) is 53.3 Å². The third-order valence-electron chi connectivity index (χ3n) is 7.12. The fourth-order valence-corrected chi connectivity index (χ4v) is 5.35. The largest absolute Gasteiger partial charge is 0.328 e. The summed E-state index contributed by atoms with van der Waals surface area (Å²) in [6.07, 6.45) is 3.03. The van der Waals surface area contributed by atoms with Gasteiger partial charge in [0.25, 0.3) is 5.91 Å². The number of rotatable bonds is 6. The topological polar surface area (TPSA) is 56.8 Å². The summed E-state index contributed by atoms with van der Waals surface area (Å²) < 4.78 is 0. The van der Waals surface area contributed by atoms with Gasteiger partial charge >= 0.3 is 6.03 Å². The van der Waals surface area contributed by atoms with E-state index >= 15 is 0 Å². The Balaban J connectivity index is 1.33. The number of hydrogen-bond donors (Lipinski definition) is 0. The number of nitrogens with zero attached hydrogens (tertiary/aromatic N) is 4. The van der Waals surface area contributed by atoms with Gasteiger partial charge in [-0.2, -0.15) is 0 Å². The van der Waals surface area contributed by atoms with Crippen LogP contribution in [0, 0.1) is 5.92 Å². The predicted molar refractivity (Wildman–Crippen MR) is 133 cm³/mol. The van der Waals surface area contributed by atoms with Gasteiger partial charge in [-0.1, -0.05) is 56.3 Å². The molecule has 1 aromatic heterocycles. The van der Waals surface area contributed by atoms with E-state index < -0.39 is 5.54 Å². The molecular weight excluding hydrogens is 424 g/mol. The lowest BCUT2D eigenvalue weighted by Gasteiger charge is -2.42. The van der Waals surface area contributed by atoms with E-state index in [2.05, 4.69) is 66.2 Å². The molecule has 3 amide bonds. The van der Waals surface area contributed by atoms with Crippen LogP contribution in [0.3, 0.4) is 0 Å². The smallest absolute Gasteiger partial charge is 0.309 e. The van der Waals surface area contributed by atoms with Gasteiger partial charge in [0.15, 0.2) is 0 Å². The van der Waals surface area contributed by atoms with E-state index in [-0.39, 0.29) is 18.5 Å². The van der Waals surface area contributed by atoms with Crippen LogP contribution in [0.2, 0.25) is 0 Å². The van der Waals surface area contributed by atoms with Gasteiger partial charge in [0.1, 0.15) is 5.54 Å². The van der Waals surface area contributed by atoms with Gasteiger partial charge < -0.3 is 4.90 Å². The molecule has 0 saturated carbocycles. The van der Waals surface area contributed by atoms with Crippen molar-refractivity contribution in [2.45, 2.75) is 45.3 Å². The first-order valence-corrected chi connectivity index (χ1v) is 12.2. The summed E-state index contributed by atoms with van der Waals surface area (Å²) in [7, 11) is 0. The highest BCUT2D eigenvalue weighted by Gasteiger charge is 2.57. The fraction of sp³-hybridized carbons (Fsp3) is 0.393. The van der Waals surface area contributed by atoms with E-state index in [0.29, 0.717) is 25.3 Å². The number of piperidine rings is 1. The van der Waals surface area contributed by atoms with Crippen LogP contribution >= 0.6 is 0 Å². The molecule has 2 aliphatic heterocycles. The summed E-state index contributed by atoms with van der Waals surface area (Å²) in [5, 5.41) is 2.49. The molecule has 5 rings (SSSR count). The maximum atomic E-state index is 13.7. The lowest BCUT2D eigenvalue weighted by atomic mass is 9.85. The van der Waals surface area contributed by atoms with E-state index in [1.54, 1.807) is 6.20 Å². The number of amides is 3. The molecule has 176 valence electrons. The van der Waals surface area contributed by atoms with Gasteiger partial charge in [-0.15, -0.1) is 0 Å². The van der Waals surface area contributed by atoms with Crippen LogP contribution in [0.25, 0.3) is 10.8 Å². The third-order valence-corrected chi connectivity index (χ3v) is 7.12. The summed E-state index contributed by atoms with van der Waals surface area (Å²) in [6.45, 7) is 7.45. The average Bonchev–Trinajstić information content (AvgIpc) is 3.02. The number of fused-ring (bicyclic) bond motifs is 1. The van der Waals surface area contributed by atoms with Crippen LogP contribution in [-0.4, -0.2) is 56.8 Å². The molecule has 0 unspecified atom stereocenters. The Morgan fingerprint density at radius 2 is 1.65 bits per heavy atom. The molecule has 3 aromatic rings. The summed E-state index contributed by atoms with van der Waals surface area (Å²) in [6, 6.07) is 20.5. The Bertz CT molecular complexity index is 1190. The van der Waals surface area contributed by atoms with E-state index in [1.165, 1.54) is 21.2 Å². The molecule has 2 saturated heterocycles. The quantitative estimate of drug-likeness (QED) is 0.505. The van der Waals surface area contributed by atoms with Crippen molar-refractivity contribution in [2.24, 2.45) is 5.92 Å². The minimum Gasteiger partial charge on any atom is -0.309 e. The molecule has 2 aliphatic rings. The lowest BCUT2D eigenvalue weighted by Crippen LogP contribution is -2.57. The zero-order chi connectivity index (χ0) is 23.7. The van der Waals surface area contributed by atoms with Crippen LogP contribution in [0.15, 0.2) is 66.9 Å². The molecule has 0 atom stereocenters. The number of hydrogen-bond acceptors (Lipinski definition) is 4. The van der Waals surface area contributed by atoms with Crippen molar-refractivity contribution in [3.63, 3.8) is 0 Å². The molecule has 3 heterocycles. The van der Waals surface area contributed by atoms with Gasteiger partial charge in [-0.25, -0.2) is 4.79 Å². The number of aromatic nitrogens is 1. The number of pyridine rings is 1. The Kier molecular flexibility index (Phi) is 6.09. The summed E-state index contributed by atoms with van der Waals surface area (Å²) in [5.74, 6) is 0.230. The minimum atomic E-state index is -0.740. The molecule has 0 bridgehead atoms. The Hall–Kier alpha value is -3.25. The fourth-order valence-electron chi connectivity index (χ4n) is 5.35. The van der Waals surface area contributed by atoms with Gasteiger partial charge in [-0.3, -0.25) is 19.6 Å². The normalized spacial score (nSPS) is 18.6. The van der Waals surface area contributed by atoms with Crippen LogP contribution in [-0.2, 0) is 17.9 Å². The van der Waals surface area contributed by atoms with Crippen molar-refractivity contribution < 1.29 is 9.59 Å². The van der Waals surface area contributed by atoms with Gasteiger partial charge in [0.05, 0.1) is 12.2 Å². The molecule has 6 heteroatoms. The number of carbonyl (C=O) groups excluding carboxylic acids is 2. The summed E-state index contributed by atoms with van der Waals surface area (Å²) in [4.78, 5) is 37.2. The highest BCUT2D eigenvalue weighted by Crippen LogP contribution is 2.38. The molecular formula is C28H32N4O2. The third kappa shape index (κ3) is 4.18. The van der Waals surface area contributed by atoms with Crippen LogP contribution in [0.4, 0.5) is 4.79 Å². The second-order valence-corrected chi connectivity index (χ2v) is 9.99.